The van der Waals surface area contributed by atoms with Crippen LogP contribution in [0.15, 0.2) is 82.4 Å². The SMILES string of the molecule is Cc1ccc(N=C2C[C@@H](c3ccco3)[C@H]3C(=O)N(c4ccccc4)C(=O)[C@H]3S2)cc1. The van der Waals surface area contributed by atoms with E-state index in [9.17, 15) is 9.59 Å². The number of aryl methyl sites for hydroxylation is 1. The Morgan fingerprint density at radius 1 is 0.967 bits per heavy atom. The highest BCUT2D eigenvalue weighted by molar-refractivity contribution is 8.15. The van der Waals surface area contributed by atoms with E-state index in [0.29, 0.717) is 12.1 Å². The highest BCUT2D eigenvalue weighted by Crippen LogP contribution is 2.48. The number of amides is 2. The molecule has 0 aliphatic carbocycles. The van der Waals surface area contributed by atoms with E-state index in [2.05, 4.69) is 0 Å². The van der Waals surface area contributed by atoms with Crippen LogP contribution in [0.5, 0.6) is 0 Å². The maximum absolute atomic E-state index is 13.4. The number of carbonyl (C=O) groups excluding carboxylic acids is 2. The minimum atomic E-state index is -0.509. The average Bonchev–Trinajstić information content (AvgIpc) is 3.38. The molecule has 0 radical (unpaired) electrons. The zero-order chi connectivity index (χ0) is 20.7. The molecule has 2 aromatic carbocycles. The quantitative estimate of drug-likeness (QED) is 0.558. The normalized spacial score (nSPS) is 25.0. The number of hydrogen-bond acceptors (Lipinski definition) is 5. The van der Waals surface area contributed by atoms with Crippen molar-refractivity contribution < 1.29 is 14.0 Å². The lowest BCUT2D eigenvalue weighted by Gasteiger charge is -2.29. The van der Waals surface area contributed by atoms with E-state index in [1.54, 1.807) is 18.4 Å². The van der Waals surface area contributed by atoms with Gasteiger partial charge in [-0.2, -0.15) is 0 Å². The Balaban J connectivity index is 1.54. The molecule has 5 rings (SSSR count). The van der Waals surface area contributed by atoms with Crippen molar-refractivity contribution in [3.63, 3.8) is 0 Å². The fourth-order valence-electron chi connectivity index (χ4n) is 4.13. The minimum absolute atomic E-state index is 0.167. The first kappa shape index (κ1) is 18.9. The summed E-state index contributed by atoms with van der Waals surface area (Å²) >= 11 is 1.41. The molecule has 0 spiro atoms. The van der Waals surface area contributed by atoms with Crippen LogP contribution in [0.1, 0.15) is 23.7 Å². The van der Waals surface area contributed by atoms with E-state index >= 15 is 0 Å². The standard InChI is InChI=1S/C24H20N2O3S/c1-15-9-11-16(12-10-15)25-20-14-18(19-8-5-13-29-19)21-22(30-20)24(28)26(23(21)27)17-6-3-2-4-7-17/h2-13,18,21-22H,14H2,1H3/t18-,21+,22-/m0/s1. The zero-order valence-electron chi connectivity index (χ0n) is 16.4. The van der Waals surface area contributed by atoms with Crippen molar-refractivity contribution >= 4 is 40.0 Å². The summed E-state index contributed by atoms with van der Waals surface area (Å²) in [7, 11) is 0. The fourth-order valence-corrected chi connectivity index (χ4v) is 5.52. The van der Waals surface area contributed by atoms with Crippen LogP contribution in [-0.4, -0.2) is 22.1 Å². The number of aliphatic imine (C=N–C) groups is 1. The Morgan fingerprint density at radius 3 is 2.43 bits per heavy atom. The summed E-state index contributed by atoms with van der Waals surface area (Å²) in [5.74, 6) is -0.321. The first-order valence-electron chi connectivity index (χ1n) is 9.89. The lowest BCUT2D eigenvalue weighted by molar-refractivity contribution is -0.122. The second kappa shape index (κ2) is 7.61. The molecular formula is C24H20N2O3S. The van der Waals surface area contributed by atoms with Crippen LogP contribution in [0.3, 0.4) is 0 Å². The third-order valence-electron chi connectivity index (χ3n) is 5.60. The maximum Gasteiger partial charge on any atom is 0.248 e. The van der Waals surface area contributed by atoms with E-state index in [-0.39, 0.29) is 17.7 Å². The van der Waals surface area contributed by atoms with E-state index < -0.39 is 11.2 Å². The number of imide groups is 1. The summed E-state index contributed by atoms with van der Waals surface area (Å²) in [5.41, 5.74) is 2.62. The van der Waals surface area contributed by atoms with Crippen LogP contribution < -0.4 is 4.90 Å². The highest BCUT2D eigenvalue weighted by atomic mass is 32.2. The fraction of sp³-hybridized carbons (Fsp3) is 0.208. The number of para-hydroxylation sites is 1. The Hall–Kier alpha value is -3.12. The third kappa shape index (κ3) is 3.27. The molecule has 2 aliphatic rings. The van der Waals surface area contributed by atoms with Crippen molar-refractivity contribution in [2.24, 2.45) is 10.9 Å². The summed E-state index contributed by atoms with van der Waals surface area (Å²) in [5, 5.41) is 0.336. The van der Waals surface area contributed by atoms with Crippen LogP contribution in [0.2, 0.25) is 0 Å². The predicted molar refractivity (Wildman–Crippen MR) is 118 cm³/mol. The first-order chi connectivity index (χ1) is 14.6. The smallest absolute Gasteiger partial charge is 0.248 e. The van der Waals surface area contributed by atoms with Crippen LogP contribution in [0.25, 0.3) is 0 Å². The lowest BCUT2D eigenvalue weighted by atomic mass is 9.85. The molecule has 0 N–H and O–H groups in total. The second-order valence-electron chi connectivity index (χ2n) is 7.58. The summed E-state index contributed by atoms with van der Waals surface area (Å²) in [4.78, 5) is 32.8. The lowest BCUT2D eigenvalue weighted by Crippen LogP contribution is -2.33. The van der Waals surface area contributed by atoms with Gasteiger partial charge in [0.2, 0.25) is 11.8 Å². The van der Waals surface area contributed by atoms with Crippen molar-refractivity contribution in [1.82, 2.24) is 0 Å². The zero-order valence-corrected chi connectivity index (χ0v) is 17.2. The number of hydrogen-bond donors (Lipinski definition) is 0. The Labute approximate surface area is 178 Å². The molecule has 3 atom stereocenters. The monoisotopic (exact) mass is 416 g/mol. The molecule has 2 aliphatic heterocycles. The molecule has 0 bridgehead atoms. The molecule has 3 aromatic rings. The van der Waals surface area contributed by atoms with Crippen molar-refractivity contribution in [3.05, 3.63) is 84.3 Å². The number of furan rings is 1. The molecule has 2 saturated heterocycles. The Bertz CT molecular complexity index is 1110. The van der Waals surface area contributed by atoms with Gasteiger partial charge in [-0.1, -0.05) is 47.7 Å². The van der Waals surface area contributed by atoms with Crippen LogP contribution >= 0.6 is 11.8 Å². The van der Waals surface area contributed by atoms with Crippen molar-refractivity contribution in [1.29, 1.82) is 0 Å². The van der Waals surface area contributed by atoms with Gasteiger partial charge >= 0.3 is 0 Å². The molecule has 3 heterocycles. The van der Waals surface area contributed by atoms with Crippen molar-refractivity contribution in [2.45, 2.75) is 24.5 Å². The number of thioether (sulfide) groups is 1. The van der Waals surface area contributed by atoms with Gasteiger partial charge in [0.25, 0.3) is 0 Å². The van der Waals surface area contributed by atoms with Gasteiger partial charge in [-0.05, 0) is 43.3 Å². The van der Waals surface area contributed by atoms with Gasteiger partial charge < -0.3 is 4.42 Å². The number of benzene rings is 2. The Kier molecular flexibility index (Phi) is 4.79. The summed E-state index contributed by atoms with van der Waals surface area (Å²) < 4.78 is 5.67. The van der Waals surface area contributed by atoms with Gasteiger partial charge in [-0.25, -0.2) is 9.89 Å². The van der Waals surface area contributed by atoms with E-state index in [4.69, 9.17) is 9.41 Å². The average molecular weight is 417 g/mol. The predicted octanol–water partition coefficient (Wildman–Crippen LogP) is 5.10. The molecule has 5 nitrogen and oxygen atoms in total. The molecule has 150 valence electrons. The number of fused-ring (bicyclic) bond motifs is 1. The largest absolute Gasteiger partial charge is 0.469 e. The van der Waals surface area contributed by atoms with Gasteiger partial charge in [-0.3, -0.25) is 9.59 Å². The summed E-state index contributed by atoms with van der Waals surface area (Å²) in [6.45, 7) is 2.03. The Morgan fingerprint density at radius 2 is 1.73 bits per heavy atom. The van der Waals surface area contributed by atoms with E-state index in [0.717, 1.165) is 16.5 Å². The molecule has 0 unspecified atom stereocenters. The number of rotatable bonds is 3. The molecule has 30 heavy (non-hydrogen) atoms. The van der Waals surface area contributed by atoms with E-state index in [1.807, 2.05) is 61.5 Å². The van der Waals surface area contributed by atoms with Crippen LogP contribution in [-0.2, 0) is 9.59 Å². The van der Waals surface area contributed by atoms with Crippen molar-refractivity contribution in [2.75, 3.05) is 4.90 Å². The summed E-state index contributed by atoms with van der Waals surface area (Å²) in [6, 6.07) is 20.8. The minimum Gasteiger partial charge on any atom is -0.469 e. The third-order valence-corrected chi connectivity index (χ3v) is 6.88. The second-order valence-corrected chi connectivity index (χ2v) is 8.79. The van der Waals surface area contributed by atoms with Gasteiger partial charge in [0.1, 0.15) is 11.0 Å². The van der Waals surface area contributed by atoms with Gasteiger partial charge in [-0.15, -0.1) is 0 Å². The first-order valence-corrected chi connectivity index (χ1v) is 10.8. The molecular weight excluding hydrogens is 396 g/mol. The number of carbonyl (C=O) groups is 2. The van der Waals surface area contributed by atoms with Crippen molar-refractivity contribution in [3.8, 4) is 0 Å². The van der Waals surface area contributed by atoms with Crippen LogP contribution in [0, 0.1) is 12.8 Å². The number of anilines is 1. The summed E-state index contributed by atoms with van der Waals surface area (Å²) in [6.07, 6.45) is 2.17. The maximum atomic E-state index is 13.4. The van der Waals surface area contributed by atoms with E-state index in [1.165, 1.54) is 22.2 Å². The topological polar surface area (TPSA) is 62.9 Å². The molecule has 2 fully saturated rings. The molecule has 2 amide bonds. The molecule has 1 aromatic heterocycles. The molecule has 6 heteroatoms. The van der Waals surface area contributed by atoms with Gasteiger partial charge in [0.15, 0.2) is 0 Å². The van der Waals surface area contributed by atoms with Gasteiger partial charge in [0.05, 0.1) is 28.6 Å². The highest BCUT2D eigenvalue weighted by Gasteiger charge is 2.55. The molecule has 0 saturated carbocycles. The number of nitrogens with zero attached hydrogens (tertiary/aromatic N) is 2. The van der Waals surface area contributed by atoms with Crippen LogP contribution in [0.4, 0.5) is 11.4 Å². The van der Waals surface area contributed by atoms with Gasteiger partial charge in [0, 0.05) is 12.3 Å².